The van der Waals surface area contributed by atoms with Gasteiger partial charge in [-0.1, -0.05) is 23.5 Å². The molecule has 1 aliphatic heterocycles. The second kappa shape index (κ2) is 6.35. The Morgan fingerprint density at radius 1 is 1.21 bits per heavy atom. The van der Waals surface area contributed by atoms with Gasteiger partial charge in [0.1, 0.15) is 5.82 Å². The van der Waals surface area contributed by atoms with Crippen molar-refractivity contribution < 1.29 is 35.6 Å². The molecule has 1 atom stereocenters. The highest BCUT2D eigenvalue weighted by Gasteiger charge is 2.70. The van der Waals surface area contributed by atoms with E-state index in [1.807, 2.05) is 0 Å². The number of nitrogens with one attached hydrogen (secondary N) is 2. The van der Waals surface area contributed by atoms with Gasteiger partial charge < -0.3 is 11.1 Å². The minimum absolute atomic E-state index is 0.153. The summed E-state index contributed by atoms with van der Waals surface area (Å²) >= 11 is 0.229. The summed E-state index contributed by atoms with van der Waals surface area (Å²) in [5.41, 5.74) is 0.323. The van der Waals surface area contributed by atoms with Crippen LogP contribution in [0.3, 0.4) is 0 Å². The minimum atomic E-state index is -5.64. The Kier molecular flexibility index (Phi) is 4.51. The minimum Gasteiger partial charge on any atom is -0.374 e. The van der Waals surface area contributed by atoms with Crippen LogP contribution in [0.25, 0.3) is 0 Å². The maximum atomic E-state index is 13.9. The predicted octanol–water partition coefficient (Wildman–Crippen LogP) is 0.553. The van der Waals surface area contributed by atoms with E-state index in [9.17, 15) is 35.6 Å². The molecule has 0 spiro atoms. The number of alkyl halides is 3. The molecule has 1 aliphatic rings. The normalized spacial score (nSPS) is 20.5. The van der Waals surface area contributed by atoms with Crippen LogP contribution in [-0.4, -0.2) is 42.4 Å². The molecule has 3 amide bonds. The highest BCUT2D eigenvalue weighted by Crippen LogP contribution is 2.37. The molecule has 28 heavy (non-hydrogen) atoms. The van der Waals surface area contributed by atoms with Gasteiger partial charge in [0.2, 0.25) is 9.47 Å². The first kappa shape index (κ1) is 19.9. The molecule has 1 aromatic carbocycles. The summed E-state index contributed by atoms with van der Waals surface area (Å²) in [6, 6.07) is 2.33. The van der Waals surface area contributed by atoms with Gasteiger partial charge in [0.05, 0.1) is 5.69 Å². The van der Waals surface area contributed by atoms with E-state index in [0.29, 0.717) is 0 Å². The van der Waals surface area contributed by atoms with E-state index >= 15 is 0 Å². The molecule has 1 unspecified atom stereocenters. The Labute approximate surface area is 157 Å². The first-order chi connectivity index (χ1) is 12.9. The molecule has 0 radical (unpaired) electrons. The number of imide groups is 1. The van der Waals surface area contributed by atoms with Crippen molar-refractivity contribution >= 4 is 44.1 Å². The van der Waals surface area contributed by atoms with Gasteiger partial charge in [0, 0.05) is 0 Å². The molecule has 2 heterocycles. The number of nitrogen functional groups attached to an aromatic ring is 1. The molecule has 1 fully saturated rings. The quantitative estimate of drug-likeness (QED) is 0.465. The number of benzene rings is 1. The lowest BCUT2D eigenvalue weighted by Crippen LogP contribution is -2.69. The van der Waals surface area contributed by atoms with E-state index in [1.165, 1.54) is 17.4 Å². The second-order valence-corrected chi connectivity index (χ2v) is 8.15. The largest absolute Gasteiger partial charge is 0.435 e. The SMILES string of the molecule is Nc1nnc(S(=O)(=O)NC2(C(F)(F)F)NC(=O)N(c3ccccc3F)C2=O)s1. The van der Waals surface area contributed by atoms with Gasteiger partial charge in [-0.25, -0.2) is 22.5 Å². The number of nitrogens with two attached hydrogens (primary N) is 1. The number of rotatable bonds is 4. The molecular weight excluding hydrogens is 432 g/mol. The van der Waals surface area contributed by atoms with Crippen molar-refractivity contribution in [1.82, 2.24) is 20.2 Å². The van der Waals surface area contributed by atoms with Crippen LogP contribution in [0.5, 0.6) is 0 Å². The van der Waals surface area contributed by atoms with Crippen LogP contribution in [0.1, 0.15) is 0 Å². The summed E-state index contributed by atoms with van der Waals surface area (Å²) in [5, 5.41) is 7.15. The fourth-order valence-electron chi connectivity index (χ4n) is 2.27. The first-order valence-corrected chi connectivity index (χ1v) is 9.30. The predicted molar refractivity (Wildman–Crippen MR) is 85.8 cm³/mol. The van der Waals surface area contributed by atoms with E-state index in [0.717, 1.165) is 16.9 Å². The van der Waals surface area contributed by atoms with Crippen LogP contribution in [0.15, 0.2) is 28.6 Å². The van der Waals surface area contributed by atoms with Crippen LogP contribution in [-0.2, 0) is 14.8 Å². The molecule has 4 N–H and O–H groups in total. The number of carbonyl (C=O) groups excluding carboxylic acids is 2. The smallest absolute Gasteiger partial charge is 0.374 e. The third kappa shape index (κ3) is 3.04. The maximum absolute atomic E-state index is 13.9. The lowest BCUT2D eigenvalue weighted by atomic mass is 10.1. The van der Waals surface area contributed by atoms with Crippen molar-refractivity contribution in [2.75, 3.05) is 10.6 Å². The van der Waals surface area contributed by atoms with Crippen LogP contribution in [0, 0.1) is 5.82 Å². The molecule has 150 valence electrons. The van der Waals surface area contributed by atoms with E-state index in [-0.39, 0.29) is 21.4 Å². The Morgan fingerprint density at radius 2 is 1.86 bits per heavy atom. The number of aromatic nitrogens is 2. The van der Waals surface area contributed by atoms with Gasteiger partial charge in [0.25, 0.3) is 21.6 Å². The molecule has 1 aromatic heterocycles. The van der Waals surface area contributed by atoms with Crippen molar-refractivity contribution in [3.63, 3.8) is 0 Å². The van der Waals surface area contributed by atoms with Crippen molar-refractivity contribution in [3.8, 4) is 0 Å². The van der Waals surface area contributed by atoms with Crippen molar-refractivity contribution in [1.29, 1.82) is 0 Å². The van der Waals surface area contributed by atoms with Gasteiger partial charge in [-0.15, -0.1) is 10.2 Å². The highest BCUT2D eigenvalue weighted by atomic mass is 32.2. The van der Waals surface area contributed by atoms with Crippen molar-refractivity contribution in [2.45, 2.75) is 16.2 Å². The van der Waals surface area contributed by atoms with Gasteiger partial charge in [-0.05, 0) is 12.1 Å². The number of nitrogens with zero attached hydrogens (tertiary/aromatic N) is 3. The fourth-order valence-corrected chi connectivity index (χ4v) is 4.33. The van der Waals surface area contributed by atoms with E-state index in [1.54, 1.807) is 0 Å². The Balaban J connectivity index is 2.10. The molecule has 3 rings (SSSR count). The summed E-state index contributed by atoms with van der Waals surface area (Å²) in [6.07, 6.45) is -5.64. The summed E-state index contributed by atoms with van der Waals surface area (Å²) in [7, 11) is -5.10. The summed E-state index contributed by atoms with van der Waals surface area (Å²) < 4.78 is 79.8. The van der Waals surface area contributed by atoms with E-state index in [4.69, 9.17) is 5.73 Å². The number of urea groups is 1. The molecule has 16 heteroatoms. The molecular formula is C12H8F4N6O4S2. The lowest BCUT2D eigenvalue weighted by Gasteiger charge is -2.29. The number of carbonyl (C=O) groups is 2. The van der Waals surface area contributed by atoms with Crippen LogP contribution < -0.4 is 20.7 Å². The number of hydrogen-bond acceptors (Lipinski definition) is 8. The number of sulfonamides is 1. The zero-order valence-corrected chi connectivity index (χ0v) is 14.8. The number of halogens is 4. The molecule has 2 aromatic rings. The average Bonchev–Trinajstić information content (AvgIpc) is 3.11. The summed E-state index contributed by atoms with van der Waals surface area (Å²) in [4.78, 5) is 24.4. The Morgan fingerprint density at radius 3 is 2.39 bits per heavy atom. The Bertz CT molecular complexity index is 1070. The van der Waals surface area contributed by atoms with E-state index < -0.39 is 49.6 Å². The average molecular weight is 440 g/mol. The maximum Gasteiger partial charge on any atom is 0.435 e. The third-order valence-electron chi connectivity index (χ3n) is 3.48. The fraction of sp³-hybridized carbons (Fsp3) is 0.167. The van der Waals surface area contributed by atoms with E-state index in [2.05, 4.69) is 10.2 Å². The Hall–Kier alpha value is -2.85. The van der Waals surface area contributed by atoms with Crippen LogP contribution in [0.2, 0.25) is 0 Å². The molecule has 0 saturated carbocycles. The standard InChI is InChI=1S/C12H8F4N6O4S2/c13-5-3-1-2-4-6(5)22-7(23)11(12(14,15)16,18-9(22)24)21-28(25,26)10-20-19-8(17)27-10/h1-4,21H,(H2,17,19)(H,18,24). The van der Waals surface area contributed by atoms with Gasteiger partial charge in [-0.3, -0.25) is 4.79 Å². The van der Waals surface area contributed by atoms with Crippen LogP contribution >= 0.6 is 11.3 Å². The lowest BCUT2D eigenvalue weighted by molar-refractivity contribution is -0.194. The number of amides is 3. The molecule has 0 bridgehead atoms. The summed E-state index contributed by atoms with van der Waals surface area (Å²) in [6.45, 7) is 0. The molecule has 10 nitrogen and oxygen atoms in total. The van der Waals surface area contributed by atoms with Crippen molar-refractivity contribution in [3.05, 3.63) is 30.1 Å². The zero-order valence-electron chi connectivity index (χ0n) is 13.2. The van der Waals surface area contributed by atoms with Gasteiger partial charge in [-0.2, -0.15) is 17.9 Å². The second-order valence-electron chi connectivity index (χ2n) is 5.28. The number of hydrogen-bond donors (Lipinski definition) is 3. The van der Waals surface area contributed by atoms with Crippen molar-refractivity contribution in [2.24, 2.45) is 0 Å². The number of anilines is 2. The molecule has 1 saturated heterocycles. The highest BCUT2D eigenvalue weighted by molar-refractivity contribution is 7.91. The monoisotopic (exact) mass is 440 g/mol. The zero-order chi connectivity index (χ0) is 20.9. The summed E-state index contributed by atoms with van der Waals surface area (Å²) in [5.74, 6) is -3.28. The first-order valence-electron chi connectivity index (χ1n) is 7.00. The van der Waals surface area contributed by atoms with Crippen LogP contribution in [0.4, 0.5) is 33.2 Å². The van der Waals surface area contributed by atoms with Gasteiger partial charge >= 0.3 is 12.2 Å². The third-order valence-corrected chi connectivity index (χ3v) is 6.05. The molecule has 0 aliphatic carbocycles. The van der Waals surface area contributed by atoms with Gasteiger partial charge in [0.15, 0.2) is 0 Å². The number of para-hydroxylation sites is 1. The topological polar surface area (TPSA) is 147 Å².